The number of aryl methyl sites for hydroxylation is 2. The monoisotopic (exact) mass is 437 g/mol. The molecule has 4 aliphatic rings. The second-order valence-corrected chi connectivity index (χ2v) is 14.7. The highest BCUT2D eigenvalue weighted by Crippen LogP contribution is 2.43. The van der Waals surface area contributed by atoms with Crippen molar-refractivity contribution in [1.82, 2.24) is 0 Å². The van der Waals surface area contributed by atoms with Gasteiger partial charge in [-0.1, -0.05) is 37.4 Å². The second kappa shape index (κ2) is 7.18. The summed E-state index contributed by atoms with van der Waals surface area (Å²) >= 11 is 0. The molecule has 2 aromatic rings. The summed E-state index contributed by atoms with van der Waals surface area (Å²) in [6.07, 6.45) is 9.99. The normalized spacial score (nSPS) is 21.0. The first kappa shape index (κ1) is 20.0. The quantitative estimate of drug-likeness (QED) is 0.466. The van der Waals surface area contributed by atoms with Gasteiger partial charge in [-0.2, -0.15) is 0 Å². The van der Waals surface area contributed by atoms with E-state index in [1.165, 1.54) is 83.8 Å². The molecule has 3 heterocycles. The van der Waals surface area contributed by atoms with Gasteiger partial charge in [0.1, 0.15) is 21.2 Å². The van der Waals surface area contributed by atoms with Gasteiger partial charge in [0.15, 0.2) is 5.71 Å². The van der Waals surface area contributed by atoms with E-state index in [1.54, 1.807) is 10.4 Å². The molecule has 0 saturated carbocycles. The fourth-order valence-electron chi connectivity index (χ4n) is 5.85. The van der Waals surface area contributed by atoms with E-state index in [-0.39, 0.29) is 0 Å². The first-order valence-electron chi connectivity index (χ1n) is 12.2. The zero-order valence-electron chi connectivity index (χ0n) is 19.8. The van der Waals surface area contributed by atoms with Gasteiger partial charge < -0.3 is 4.90 Å². The lowest BCUT2D eigenvalue weighted by Gasteiger charge is -2.40. The van der Waals surface area contributed by atoms with Crippen LogP contribution in [-0.2, 0) is 0 Å². The Bertz CT molecular complexity index is 1240. The van der Waals surface area contributed by atoms with Gasteiger partial charge in [0.25, 0.3) is 0 Å². The van der Waals surface area contributed by atoms with Crippen molar-refractivity contribution in [2.24, 2.45) is 0 Å². The van der Waals surface area contributed by atoms with E-state index in [4.69, 9.17) is 0 Å². The average molecular weight is 438 g/mol. The van der Waals surface area contributed by atoms with E-state index in [9.17, 15) is 0 Å². The van der Waals surface area contributed by atoms with Crippen molar-refractivity contribution in [2.45, 2.75) is 39.8 Å². The number of hydrogen-bond donors (Lipinski definition) is 0. The molecule has 0 atom stereocenters. The maximum Gasteiger partial charge on any atom is 0.199 e. The van der Waals surface area contributed by atoms with Gasteiger partial charge in [-0.3, -0.25) is 0 Å². The summed E-state index contributed by atoms with van der Waals surface area (Å²) in [6.45, 7) is 14.5. The van der Waals surface area contributed by atoms with Gasteiger partial charge in [0, 0.05) is 30.9 Å². The van der Waals surface area contributed by atoms with Crippen molar-refractivity contribution < 1.29 is 4.58 Å². The molecular formula is C29H33N2Si+. The Morgan fingerprint density at radius 3 is 2.28 bits per heavy atom. The molecule has 2 aromatic carbocycles. The van der Waals surface area contributed by atoms with E-state index < -0.39 is 8.07 Å². The molecule has 162 valence electrons. The molecular weight excluding hydrogens is 404 g/mol. The smallest absolute Gasteiger partial charge is 0.199 e. The number of anilines is 1. The number of benzene rings is 2. The maximum absolute atomic E-state index is 2.56. The standard InChI is InChI=1S/C29H33N2Si/c1-20-8-5-9-21(2)28(20)29-24-12-10-22(30-14-6-15-30)18-26(24)32(3,4)27-19-23(11-13-25(27)29)31-16-7-17-31/h5,8-13,18-19H,6-7,14-17H2,1-4H3/q+1. The van der Waals surface area contributed by atoms with Gasteiger partial charge >= 0.3 is 0 Å². The Balaban J connectivity index is 1.65. The lowest BCUT2D eigenvalue weighted by atomic mass is 9.85. The molecule has 0 N–H and O–H groups in total. The number of allylic oxidation sites excluding steroid dienone is 5. The van der Waals surface area contributed by atoms with Crippen LogP contribution in [0.1, 0.15) is 35.1 Å². The van der Waals surface area contributed by atoms with Crippen LogP contribution in [0.4, 0.5) is 5.69 Å². The molecule has 1 aliphatic carbocycles. The number of fused-ring (bicyclic) bond motifs is 2. The van der Waals surface area contributed by atoms with Crippen molar-refractivity contribution in [3.63, 3.8) is 0 Å². The highest BCUT2D eigenvalue weighted by Gasteiger charge is 2.41. The SMILES string of the molecule is Cc1cccc(C)c1C1=C2C=CC(=[N+]3CCC3)C=C2[Si](C)(C)c2cc(N3CCC3)ccc21. The molecule has 0 bridgehead atoms. The zero-order valence-corrected chi connectivity index (χ0v) is 20.8. The Morgan fingerprint density at radius 1 is 0.906 bits per heavy atom. The van der Waals surface area contributed by atoms with Crippen LogP contribution in [0.5, 0.6) is 0 Å². The minimum Gasteiger partial charge on any atom is -0.371 e. The molecule has 6 rings (SSSR count). The predicted molar refractivity (Wildman–Crippen MR) is 139 cm³/mol. The van der Waals surface area contributed by atoms with E-state index in [0.717, 1.165) is 0 Å². The largest absolute Gasteiger partial charge is 0.371 e. The lowest BCUT2D eigenvalue weighted by molar-refractivity contribution is -0.582. The van der Waals surface area contributed by atoms with E-state index in [1.807, 2.05) is 0 Å². The van der Waals surface area contributed by atoms with Crippen LogP contribution in [0.25, 0.3) is 5.57 Å². The van der Waals surface area contributed by atoms with E-state index >= 15 is 0 Å². The molecule has 3 aliphatic heterocycles. The maximum atomic E-state index is 2.56. The minimum absolute atomic E-state index is 1.20. The Kier molecular flexibility index (Phi) is 4.48. The third-order valence-electron chi connectivity index (χ3n) is 8.07. The topological polar surface area (TPSA) is 6.25 Å². The summed E-state index contributed by atoms with van der Waals surface area (Å²) in [4.78, 5) is 2.54. The molecule has 0 aromatic heterocycles. The molecule has 0 amide bonds. The Morgan fingerprint density at radius 2 is 1.66 bits per heavy atom. The van der Waals surface area contributed by atoms with Crippen molar-refractivity contribution in [3.05, 3.63) is 87.6 Å². The van der Waals surface area contributed by atoms with Crippen LogP contribution >= 0.6 is 0 Å². The first-order chi connectivity index (χ1) is 15.4. The van der Waals surface area contributed by atoms with Gasteiger partial charge in [-0.15, -0.1) is 0 Å². The number of rotatable bonds is 2. The molecule has 2 fully saturated rings. The predicted octanol–water partition coefficient (Wildman–Crippen LogP) is 5.14. The number of nitrogens with zero attached hydrogens (tertiary/aromatic N) is 2. The van der Waals surface area contributed by atoms with Gasteiger partial charge in [0.05, 0.1) is 6.42 Å². The van der Waals surface area contributed by atoms with Crippen LogP contribution in [0.3, 0.4) is 0 Å². The summed E-state index contributed by atoms with van der Waals surface area (Å²) in [5.41, 5.74) is 11.4. The third-order valence-corrected chi connectivity index (χ3v) is 11.6. The Labute approximate surface area is 193 Å². The zero-order chi connectivity index (χ0) is 22.0. The minimum atomic E-state index is -1.85. The van der Waals surface area contributed by atoms with Crippen LogP contribution < -0.4 is 10.1 Å². The number of hydrogen-bond acceptors (Lipinski definition) is 1. The summed E-state index contributed by atoms with van der Waals surface area (Å²) < 4.78 is 2.54. The molecule has 2 saturated heterocycles. The van der Waals surface area contributed by atoms with Crippen LogP contribution in [0.2, 0.25) is 13.1 Å². The Hall–Kier alpha value is -2.65. The summed E-state index contributed by atoms with van der Waals surface area (Å²) in [5, 5.41) is 3.21. The molecule has 32 heavy (non-hydrogen) atoms. The van der Waals surface area contributed by atoms with Crippen LogP contribution in [-0.4, -0.2) is 44.5 Å². The molecule has 0 radical (unpaired) electrons. The second-order valence-electron chi connectivity index (χ2n) is 10.4. The molecule has 3 heteroatoms. The van der Waals surface area contributed by atoms with Gasteiger partial charge in [-0.25, -0.2) is 4.58 Å². The summed E-state index contributed by atoms with van der Waals surface area (Å²) in [7, 11) is -1.85. The van der Waals surface area contributed by atoms with Crippen molar-refractivity contribution in [1.29, 1.82) is 0 Å². The fraction of sp³-hybridized carbons (Fsp3) is 0.345. The van der Waals surface area contributed by atoms with Crippen LogP contribution in [0, 0.1) is 13.8 Å². The van der Waals surface area contributed by atoms with E-state index in [2.05, 4.69) is 91.0 Å². The lowest BCUT2D eigenvalue weighted by Crippen LogP contribution is -2.50. The molecule has 0 unspecified atom stereocenters. The first-order valence-corrected chi connectivity index (χ1v) is 15.2. The molecule has 2 nitrogen and oxygen atoms in total. The van der Waals surface area contributed by atoms with Gasteiger partial charge in [0.2, 0.25) is 0 Å². The highest BCUT2D eigenvalue weighted by molar-refractivity contribution is 6.98. The summed E-state index contributed by atoms with van der Waals surface area (Å²) in [5.74, 6) is 0. The third kappa shape index (κ3) is 2.87. The van der Waals surface area contributed by atoms with Crippen LogP contribution in [0.15, 0.2) is 65.4 Å². The van der Waals surface area contributed by atoms with Crippen molar-refractivity contribution >= 4 is 30.2 Å². The highest BCUT2D eigenvalue weighted by atomic mass is 28.3. The van der Waals surface area contributed by atoms with Crippen molar-refractivity contribution in [3.8, 4) is 0 Å². The summed E-state index contributed by atoms with van der Waals surface area (Å²) in [6, 6.07) is 14.1. The van der Waals surface area contributed by atoms with Crippen molar-refractivity contribution in [2.75, 3.05) is 31.1 Å². The molecule has 0 spiro atoms. The fourth-order valence-corrected chi connectivity index (χ4v) is 8.92. The van der Waals surface area contributed by atoms with Gasteiger partial charge in [-0.05, 0) is 82.3 Å². The average Bonchev–Trinajstić information content (AvgIpc) is 2.68. The van der Waals surface area contributed by atoms with E-state index in [0.29, 0.717) is 0 Å².